The van der Waals surface area contributed by atoms with Gasteiger partial charge in [0, 0.05) is 45.0 Å². The van der Waals surface area contributed by atoms with Gasteiger partial charge in [-0.3, -0.25) is 23.7 Å². The lowest BCUT2D eigenvalue weighted by Crippen LogP contribution is -2.53. The van der Waals surface area contributed by atoms with Crippen LogP contribution in [0, 0.1) is 5.92 Å². The summed E-state index contributed by atoms with van der Waals surface area (Å²) in [6, 6.07) is 0. The van der Waals surface area contributed by atoms with Crippen LogP contribution in [-0.2, 0) is 42.8 Å². The molecule has 2 aromatic heterocycles. The first-order chi connectivity index (χ1) is 15.8. The van der Waals surface area contributed by atoms with Crippen LogP contribution in [0.3, 0.4) is 0 Å². The summed E-state index contributed by atoms with van der Waals surface area (Å²) in [5.74, 6) is -1.98. The normalized spacial score (nSPS) is 20.3. The predicted molar refractivity (Wildman–Crippen MR) is 112 cm³/mol. The molecule has 0 saturated carbocycles. The molecule has 4 heterocycles. The molecule has 1 spiro atoms. The molecule has 2 aliphatic rings. The third kappa shape index (κ3) is 5.91. The van der Waals surface area contributed by atoms with Crippen molar-refractivity contribution in [3.63, 3.8) is 0 Å². The number of alkyl halides is 3. The molecule has 1 saturated heterocycles. The van der Waals surface area contributed by atoms with Crippen molar-refractivity contribution in [1.29, 1.82) is 0 Å². The summed E-state index contributed by atoms with van der Waals surface area (Å²) < 4.78 is 42.5. The van der Waals surface area contributed by atoms with Gasteiger partial charge < -0.3 is 9.84 Å². The predicted octanol–water partition coefficient (Wildman–Crippen LogP) is 0.603. The number of carboxylic acids is 1. The third-order valence-corrected chi connectivity index (χ3v) is 5.50. The summed E-state index contributed by atoms with van der Waals surface area (Å²) in [7, 11) is 1.90. The summed E-state index contributed by atoms with van der Waals surface area (Å²) in [6.45, 7) is 7.47. The minimum Gasteiger partial charge on any atom is -0.475 e. The number of rotatable bonds is 4. The Balaban J connectivity index is 0.000000406. The van der Waals surface area contributed by atoms with E-state index in [4.69, 9.17) is 14.6 Å². The van der Waals surface area contributed by atoms with Crippen molar-refractivity contribution >= 4 is 5.97 Å². The van der Waals surface area contributed by atoms with E-state index >= 15 is 0 Å². The van der Waals surface area contributed by atoms with Crippen LogP contribution in [0.5, 0.6) is 0 Å². The zero-order chi connectivity index (χ0) is 25.3. The maximum absolute atomic E-state index is 12.6. The molecule has 11 nitrogen and oxygen atoms in total. The van der Waals surface area contributed by atoms with Gasteiger partial charge in [0.25, 0.3) is 0 Å². The minimum atomic E-state index is -5.08. The number of aliphatic carboxylic acids is 1. The fraction of sp³-hybridized carbons (Fsp3) is 0.650. The monoisotopic (exact) mass is 488 g/mol. The molecule has 1 N–H and O–H groups in total. The Hall–Kier alpha value is -3.00. The summed E-state index contributed by atoms with van der Waals surface area (Å²) in [5.41, 5.74) is -0.317. The van der Waals surface area contributed by atoms with Crippen LogP contribution in [-0.4, -0.2) is 65.0 Å². The first kappa shape index (κ1) is 25.6. The van der Waals surface area contributed by atoms with Crippen LogP contribution < -0.4 is 11.1 Å². The van der Waals surface area contributed by atoms with Crippen molar-refractivity contribution < 1.29 is 27.8 Å². The molecule has 14 heteroatoms. The number of carbonyl (C=O) groups is 1. The van der Waals surface area contributed by atoms with E-state index in [0.29, 0.717) is 18.9 Å². The lowest BCUT2D eigenvalue weighted by Gasteiger charge is -2.35. The zero-order valence-corrected chi connectivity index (χ0v) is 19.1. The minimum absolute atomic E-state index is 0.240. The highest BCUT2D eigenvalue weighted by molar-refractivity contribution is 5.73. The second-order valence-electron chi connectivity index (χ2n) is 8.95. The third-order valence-electron chi connectivity index (χ3n) is 5.50. The average Bonchev–Trinajstić information content (AvgIpc) is 3.32. The van der Waals surface area contributed by atoms with Gasteiger partial charge in [-0.25, -0.2) is 9.48 Å². The zero-order valence-electron chi connectivity index (χ0n) is 19.1. The molecular formula is C20H27F3N6O5. The largest absolute Gasteiger partial charge is 0.490 e. The van der Waals surface area contributed by atoms with Gasteiger partial charge in [-0.15, -0.1) is 0 Å². The molecule has 1 atom stereocenters. The summed E-state index contributed by atoms with van der Waals surface area (Å²) in [5, 5.41) is 15.7. The fourth-order valence-corrected chi connectivity index (χ4v) is 3.99. The average molecular weight is 488 g/mol. The number of ether oxygens (including phenoxy) is 1. The lowest BCUT2D eigenvalue weighted by atomic mass is 10.0. The van der Waals surface area contributed by atoms with Gasteiger partial charge in [0.1, 0.15) is 12.2 Å². The molecule has 0 amide bonds. The standard InChI is InChI=1S/C18H26N6O3.C2HF3O2/c1-13(2)7-24-17(26)16(25)23-12-18(27-10-15(23)20-24)4-5-22(11-18)9-14-6-19-21(3)8-14;3-2(4,5)1(6)7/h6,8,13H,4-5,7,9-12H2,1-3H3;(H,6,7). The van der Waals surface area contributed by atoms with Crippen molar-refractivity contribution in [3.05, 3.63) is 44.5 Å². The van der Waals surface area contributed by atoms with E-state index in [1.807, 2.05) is 33.3 Å². The second-order valence-corrected chi connectivity index (χ2v) is 8.95. The highest BCUT2D eigenvalue weighted by Gasteiger charge is 2.43. The Labute approximate surface area is 192 Å². The molecule has 188 valence electrons. The number of aryl methyl sites for hydroxylation is 1. The summed E-state index contributed by atoms with van der Waals surface area (Å²) in [4.78, 5) is 36.2. The van der Waals surface area contributed by atoms with Crippen LogP contribution in [0.25, 0.3) is 0 Å². The number of likely N-dealkylation sites (tertiary alicyclic amines) is 1. The van der Waals surface area contributed by atoms with E-state index in [1.165, 1.54) is 9.25 Å². The van der Waals surface area contributed by atoms with Gasteiger partial charge in [0.15, 0.2) is 5.82 Å². The Morgan fingerprint density at radius 2 is 1.94 bits per heavy atom. The smallest absolute Gasteiger partial charge is 0.475 e. The van der Waals surface area contributed by atoms with E-state index in [1.54, 1.807) is 4.68 Å². The highest BCUT2D eigenvalue weighted by Crippen LogP contribution is 2.31. The fourth-order valence-electron chi connectivity index (χ4n) is 3.99. The maximum Gasteiger partial charge on any atom is 0.490 e. The molecule has 0 bridgehead atoms. The number of hydrogen-bond acceptors (Lipinski definition) is 7. The molecule has 1 fully saturated rings. The Kier molecular flexibility index (Phi) is 7.31. The highest BCUT2D eigenvalue weighted by atomic mass is 19.4. The molecular weight excluding hydrogens is 461 g/mol. The molecule has 0 aromatic carbocycles. The van der Waals surface area contributed by atoms with Crippen LogP contribution in [0.2, 0.25) is 0 Å². The number of halogens is 3. The molecule has 0 radical (unpaired) electrons. The van der Waals surface area contributed by atoms with Crippen molar-refractivity contribution in [2.45, 2.75) is 58.3 Å². The van der Waals surface area contributed by atoms with Crippen molar-refractivity contribution in [1.82, 2.24) is 29.0 Å². The van der Waals surface area contributed by atoms with Crippen LogP contribution in [0.15, 0.2) is 22.0 Å². The van der Waals surface area contributed by atoms with Gasteiger partial charge in [-0.1, -0.05) is 13.8 Å². The Morgan fingerprint density at radius 1 is 1.26 bits per heavy atom. The first-order valence-electron chi connectivity index (χ1n) is 10.6. The number of nitrogens with zero attached hydrogens (tertiary/aromatic N) is 6. The number of fused-ring (bicyclic) bond motifs is 1. The molecule has 2 aromatic rings. The van der Waals surface area contributed by atoms with Gasteiger partial charge in [0.2, 0.25) is 0 Å². The van der Waals surface area contributed by atoms with Gasteiger partial charge in [-0.2, -0.15) is 23.4 Å². The van der Waals surface area contributed by atoms with Gasteiger partial charge in [-0.05, 0) is 12.3 Å². The van der Waals surface area contributed by atoms with E-state index < -0.39 is 28.9 Å². The SMILES string of the molecule is CC(C)Cn1nc2n(c(=O)c1=O)CC1(CCN(Cc3cnn(C)c3)C1)OC2.O=C(O)C(F)(F)F. The molecule has 4 rings (SSSR count). The number of carboxylic acid groups (broad SMARTS) is 1. The molecule has 1 unspecified atom stereocenters. The number of hydrogen-bond donors (Lipinski definition) is 1. The van der Waals surface area contributed by atoms with Gasteiger partial charge in [0.05, 0.1) is 12.7 Å². The topological polar surface area (TPSA) is 124 Å². The Morgan fingerprint density at radius 3 is 2.50 bits per heavy atom. The van der Waals surface area contributed by atoms with Crippen molar-refractivity contribution in [3.8, 4) is 0 Å². The van der Waals surface area contributed by atoms with E-state index in [2.05, 4.69) is 15.1 Å². The molecule has 2 aliphatic heterocycles. The van der Waals surface area contributed by atoms with Crippen LogP contribution in [0.1, 0.15) is 31.7 Å². The van der Waals surface area contributed by atoms with Crippen molar-refractivity contribution in [2.75, 3.05) is 13.1 Å². The van der Waals surface area contributed by atoms with Crippen molar-refractivity contribution in [2.24, 2.45) is 13.0 Å². The Bertz CT molecular complexity index is 1150. The van der Waals surface area contributed by atoms with Gasteiger partial charge >= 0.3 is 23.3 Å². The molecule has 0 aliphatic carbocycles. The van der Waals surface area contributed by atoms with Crippen LogP contribution in [0.4, 0.5) is 13.2 Å². The van der Waals surface area contributed by atoms with E-state index in [9.17, 15) is 22.8 Å². The first-order valence-corrected chi connectivity index (χ1v) is 10.6. The van der Waals surface area contributed by atoms with E-state index in [0.717, 1.165) is 31.6 Å². The van der Waals surface area contributed by atoms with Crippen LogP contribution >= 0.6 is 0 Å². The summed E-state index contributed by atoms with van der Waals surface area (Å²) in [6.07, 6.45) is -0.379. The number of aromatic nitrogens is 5. The second kappa shape index (κ2) is 9.70. The van der Waals surface area contributed by atoms with E-state index in [-0.39, 0.29) is 12.5 Å². The maximum atomic E-state index is 12.6. The summed E-state index contributed by atoms with van der Waals surface area (Å²) >= 11 is 0. The molecule has 34 heavy (non-hydrogen) atoms. The lowest BCUT2D eigenvalue weighted by molar-refractivity contribution is -0.192. The quantitative estimate of drug-likeness (QED) is 0.621.